The molecule has 0 saturated carbocycles. The highest BCUT2D eigenvalue weighted by Crippen LogP contribution is 2.29. The van der Waals surface area contributed by atoms with Crippen molar-refractivity contribution >= 4 is 67.6 Å². The summed E-state index contributed by atoms with van der Waals surface area (Å²) in [6, 6.07) is 7.75. The number of ether oxygens (including phenoxy) is 2. The smallest absolute Gasteiger partial charge is 0.322 e. The summed E-state index contributed by atoms with van der Waals surface area (Å²) in [7, 11) is -6.96. The first-order valence-corrected chi connectivity index (χ1v) is 18.4. The Morgan fingerprint density at radius 1 is 0.654 bits per heavy atom. The first-order valence-electron chi connectivity index (χ1n) is 15.5. The van der Waals surface area contributed by atoms with Crippen LogP contribution in [0.3, 0.4) is 0 Å². The number of hydrogen-bond acceptors (Lipinski definition) is 18. The number of nitrogens with zero attached hydrogens (tertiary/aromatic N) is 8. The molecule has 0 saturated heterocycles. The zero-order valence-electron chi connectivity index (χ0n) is 28.5. The molecule has 4 rings (SSSR count). The number of benzene rings is 2. The topological polar surface area (TPSA) is 276 Å². The minimum absolute atomic E-state index is 0.0194. The molecule has 2 aromatic carbocycles. The first-order chi connectivity index (χ1) is 24.7. The van der Waals surface area contributed by atoms with E-state index in [-0.39, 0.29) is 84.6 Å². The number of aliphatic hydroxyl groups excluding tert-OH is 2. The summed E-state index contributed by atoms with van der Waals surface area (Å²) in [5.41, 5.74) is 0.247. The third kappa shape index (κ3) is 10.2. The van der Waals surface area contributed by atoms with E-state index in [2.05, 4.69) is 40.5 Å². The summed E-state index contributed by atoms with van der Waals surface area (Å²) < 4.78 is 80.3. The van der Waals surface area contributed by atoms with E-state index in [0.717, 1.165) is 12.1 Å². The number of rotatable bonds is 18. The average Bonchev–Trinajstić information content (AvgIpc) is 3.11. The van der Waals surface area contributed by atoms with Crippen molar-refractivity contribution < 1.29 is 45.6 Å². The van der Waals surface area contributed by atoms with Crippen LogP contribution in [0.1, 0.15) is 25.0 Å². The Labute approximate surface area is 299 Å². The number of aromatic nitrogens is 6. The quantitative estimate of drug-likeness (QED) is 0.0623. The van der Waals surface area contributed by atoms with Crippen LogP contribution in [0.25, 0.3) is 12.2 Å². The molecule has 0 fully saturated rings. The van der Waals surface area contributed by atoms with Crippen LogP contribution in [0.4, 0.5) is 35.2 Å². The second-order valence-electron chi connectivity index (χ2n) is 10.5. The predicted octanol–water partition coefficient (Wildman–Crippen LogP) is 1.86. The molecular formula is C30H38N10O10S2. The predicted molar refractivity (Wildman–Crippen MR) is 191 cm³/mol. The Morgan fingerprint density at radius 2 is 1.04 bits per heavy atom. The van der Waals surface area contributed by atoms with Crippen LogP contribution in [-0.4, -0.2) is 120 Å². The average molecular weight is 763 g/mol. The molecule has 0 bridgehead atoms. The highest BCUT2D eigenvalue weighted by atomic mass is 32.2. The van der Waals surface area contributed by atoms with Crippen molar-refractivity contribution in [3.05, 3.63) is 47.5 Å². The second kappa shape index (κ2) is 17.3. The molecule has 280 valence electrons. The lowest BCUT2D eigenvalue weighted by Gasteiger charge is -2.20. The zero-order chi connectivity index (χ0) is 38.1. The molecule has 4 aromatic rings. The summed E-state index contributed by atoms with van der Waals surface area (Å²) in [6.07, 6.45) is 2.48. The maximum absolute atomic E-state index is 12.5. The zero-order valence-corrected chi connectivity index (χ0v) is 30.1. The SMILES string of the molecule is CCN(CCO)c1nc(Nc2ccc(/C=C/c3ccc(Nc4nc(OC)nc(N(CC)CCO)n4)cc3S(=O)(=O)O)c(S(=O)(=O)O)c2)nc(OC)n1. The van der Waals surface area contributed by atoms with Gasteiger partial charge in [0.25, 0.3) is 20.2 Å². The van der Waals surface area contributed by atoms with Crippen molar-refractivity contribution in [3.8, 4) is 12.0 Å². The maximum Gasteiger partial charge on any atom is 0.322 e. The van der Waals surface area contributed by atoms with Crippen LogP contribution < -0.4 is 29.9 Å². The van der Waals surface area contributed by atoms with Crippen molar-refractivity contribution in [3.63, 3.8) is 0 Å². The van der Waals surface area contributed by atoms with Crippen LogP contribution >= 0.6 is 0 Å². The second-order valence-corrected chi connectivity index (χ2v) is 13.3. The third-order valence-corrected chi connectivity index (χ3v) is 9.00. The molecule has 2 aromatic heterocycles. The van der Waals surface area contributed by atoms with Crippen LogP contribution in [0.15, 0.2) is 46.2 Å². The number of aliphatic hydroxyl groups is 2. The van der Waals surface area contributed by atoms with Gasteiger partial charge in [0, 0.05) is 37.6 Å². The van der Waals surface area contributed by atoms with Gasteiger partial charge in [0.1, 0.15) is 9.79 Å². The molecule has 2 heterocycles. The number of likely N-dealkylation sites (N-methyl/N-ethyl adjacent to an activating group) is 2. The number of nitrogens with one attached hydrogen (secondary N) is 2. The highest BCUT2D eigenvalue weighted by molar-refractivity contribution is 7.86. The van der Waals surface area contributed by atoms with Gasteiger partial charge >= 0.3 is 12.0 Å². The van der Waals surface area contributed by atoms with Gasteiger partial charge in [-0.2, -0.15) is 46.7 Å². The lowest BCUT2D eigenvalue weighted by Crippen LogP contribution is -2.28. The van der Waals surface area contributed by atoms with Gasteiger partial charge in [-0.1, -0.05) is 24.3 Å². The maximum atomic E-state index is 12.5. The fourth-order valence-electron chi connectivity index (χ4n) is 4.69. The van der Waals surface area contributed by atoms with E-state index >= 15 is 0 Å². The van der Waals surface area contributed by atoms with E-state index in [4.69, 9.17) is 9.47 Å². The molecule has 52 heavy (non-hydrogen) atoms. The molecular weight excluding hydrogens is 725 g/mol. The van der Waals surface area contributed by atoms with E-state index in [0.29, 0.717) is 13.1 Å². The highest BCUT2D eigenvalue weighted by Gasteiger charge is 2.20. The van der Waals surface area contributed by atoms with Gasteiger partial charge < -0.3 is 40.1 Å². The van der Waals surface area contributed by atoms with Gasteiger partial charge in [-0.25, -0.2) is 0 Å². The van der Waals surface area contributed by atoms with Gasteiger partial charge in [-0.05, 0) is 49.2 Å². The van der Waals surface area contributed by atoms with Crippen molar-refractivity contribution in [2.24, 2.45) is 0 Å². The van der Waals surface area contributed by atoms with Gasteiger partial charge in [0.15, 0.2) is 0 Å². The van der Waals surface area contributed by atoms with Crippen LogP contribution in [-0.2, 0) is 20.2 Å². The van der Waals surface area contributed by atoms with E-state index < -0.39 is 30.0 Å². The summed E-state index contributed by atoms with van der Waals surface area (Å²) in [5.74, 6) is 0.341. The lowest BCUT2D eigenvalue weighted by atomic mass is 10.1. The van der Waals surface area contributed by atoms with Gasteiger partial charge in [0.05, 0.1) is 27.4 Å². The van der Waals surface area contributed by atoms with Crippen molar-refractivity contribution in [1.82, 2.24) is 29.9 Å². The Balaban J connectivity index is 1.67. The molecule has 22 heteroatoms. The molecule has 0 aliphatic heterocycles. The Hall–Kier alpha value is -5.26. The summed E-state index contributed by atoms with van der Waals surface area (Å²) in [5, 5.41) is 24.5. The molecule has 20 nitrogen and oxygen atoms in total. The fourth-order valence-corrected chi connectivity index (χ4v) is 6.11. The summed E-state index contributed by atoms with van der Waals surface area (Å²) in [6.45, 7) is 4.72. The molecule has 0 radical (unpaired) electrons. The minimum Gasteiger partial charge on any atom is -0.467 e. The third-order valence-electron chi connectivity index (χ3n) is 7.18. The standard InChI is InChI=1S/C30H38N10O10S2/c1-5-39(13-15-41)27-33-25(35-29(37-27)49-3)31-21-11-9-19(23(17-21)51(43,44)45)7-8-20-10-12-22(18-24(20)52(46,47)48)32-26-34-28(38-30(36-26)50-4)40(6-2)14-16-42/h7-12,17-18,41-42H,5-6,13-16H2,1-4H3,(H,43,44,45)(H,46,47,48)(H,31,33,35,37)(H,32,34,36,38)/b8-7+. The normalized spacial score (nSPS) is 11.8. The van der Waals surface area contributed by atoms with E-state index in [1.54, 1.807) is 9.80 Å². The molecule has 0 unspecified atom stereocenters. The Morgan fingerprint density at radius 3 is 1.35 bits per heavy atom. The molecule has 6 N–H and O–H groups in total. The molecule has 0 spiro atoms. The molecule has 0 aliphatic rings. The van der Waals surface area contributed by atoms with Crippen molar-refractivity contribution in [2.75, 3.05) is 74.0 Å². The van der Waals surface area contributed by atoms with Crippen molar-refractivity contribution in [2.45, 2.75) is 23.6 Å². The van der Waals surface area contributed by atoms with Crippen LogP contribution in [0.5, 0.6) is 12.0 Å². The van der Waals surface area contributed by atoms with Crippen LogP contribution in [0, 0.1) is 0 Å². The van der Waals surface area contributed by atoms with Gasteiger partial charge in [0.2, 0.25) is 23.8 Å². The van der Waals surface area contributed by atoms with Gasteiger partial charge in [-0.3, -0.25) is 9.11 Å². The fraction of sp³-hybridized carbons (Fsp3) is 0.333. The number of methoxy groups -OCH3 is 2. The van der Waals surface area contributed by atoms with Crippen molar-refractivity contribution in [1.29, 1.82) is 0 Å². The Kier molecular flexibility index (Phi) is 13.2. The van der Waals surface area contributed by atoms with E-state index in [9.17, 15) is 36.2 Å². The molecule has 0 atom stereocenters. The first kappa shape index (κ1) is 39.5. The Bertz CT molecular complexity index is 1970. The lowest BCUT2D eigenvalue weighted by molar-refractivity contribution is 0.301. The number of anilines is 6. The monoisotopic (exact) mass is 762 g/mol. The van der Waals surface area contributed by atoms with Gasteiger partial charge in [-0.15, -0.1) is 0 Å². The summed E-state index contributed by atoms with van der Waals surface area (Å²) in [4.78, 5) is 27.5. The van der Waals surface area contributed by atoms with E-state index in [1.165, 1.54) is 50.6 Å². The summed E-state index contributed by atoms with van der Waals surface area (Å²) >= 11 is 0. The largest absolute Gasteiger partial charge is 0.467 e. The van der Waals surface area contributed by atoms with E-state index in [1.807, 2.05) is 13.8 Å². The number of hydrogen-bond donors (Lipinski definition) is 6. The minimum atomic E-state index is -4.83. The molecule has 0 amide bonds. The molecule has 0 aliphatic carbocycles. The van der Waals surface area contributed by atoms with Crippen LogP contribution in [0.2, 0.25) is 0 Å².